The maximum absolute atomic E-state index is 13.0. The summed E-state index contributed by atoms with van der Waals surface area (Å²) in [5, 5.41) is 9.69. The minimum absolute atomic E-state index is 0.0709. The standard InChI is InChI=1S/C21H30N4O3S/c1-15(2)19-22-23-21(25(19)16(3)13-27-4)29-14-17-7-5-6-8-18(17)20(26)24-9-11-28-12-10-24/h5-8,15-16H,9-14H2,1-4H3. The van der Waals surface area contributed by atoms with Crippen molar-refractivity contribution in [2.24, 2.45) is 0 Å². The predicted octanol–water partition coefficient (Wildman–Crippen LogP) is 3.37. The van der Waals surface area contributed by atoms with Crippen LogP contribution in [0.4, 0.5) is 0 Å². The lowest BCUT2D eigenvalue weighted by atomic mass is 10.1. The highest BCUT2D eigenvalue weighted by Crippen LogP contribution is 2.29. The smallest absolute Gasteiger partial charge is 0.254 e. The molecule has 1 unspecified atom stereocenters. The van der Waals surface area contributed by atoms with Crippen molar-refractivity contribution >= 4 is 17.7 Å². The first kappa shape index (κ1) is 21.8. The molecule has 0 saturated carbocycles. The molecule has 0 N–H and O–H groups in total. The van der Waals surface area contributed by atoms with Crippen LogP contribution in [0.5, 0.6) is 0 Å². The van der Waals surface area contributed by atoms with E-state index in [0.29, 0.717) is 38.7 Å². The Labute approximate surface area is 176 Å². The van der Waals surface area contributed by atoms with Crippen LogP contribution in [-0.2, 0) is 15.2 Å². The van der Waals surface area contributed by atoms with E-state index in [2.05, 4.69) is 35.5 Å². The van der Waals surface area contributed by atoms with Gasteiger partial charge in [0.15, 0.2) is 5.16 Å². The summed E-state index contributed by atoms with van der Waals surface area (Å²) in [6.45, 7) is 9.41. The number of nitrogens with zero attached hydrogens (tertiary/aromatic N) is 4. The fraction of sp³-hybridized carbons (Fsp3) is 0.571. The summed E-state index contributed by atoms with van der Waals surface area (Å²) in [6.07, 6.45) is 0. The van der Waals surface area contributed by atoms with E-state index in [9.17, 15) is 4.79 Å². The van der Waals surface area contributed by atoms with Crippen molar-refractivity contribution in [1.29, 1.82) is 0 Å². The minimum atomic E-state index is 0.0709. The molecule has 3 rings (SSSR count). The van der Waals surface area contributed by atoms with E-state index in [-0.39, 0.29) is 17.9 Å². The Morgan fingerprint density at radius 2 is 1.93 bits per heavy atom. The van der Waals surface area contributed by atoms with Crippen LogP contribution in [0.2, 0.25) is 0 Å². The molecule has 0 spiro atoms. The first-order chi connectivity index (χ1) is 14.0. The zero-order valence-electron chi connectivity index (χ0n) is 17.6. The molecule has 1 aromatic heterocycles. The second-order valence-electron chi connectivity index (χ2n) is 7.52. The van der Waals surface area contributed by atoms with Crippen LogP contribution in [0.3, 0.4) is 0 Å². The third kappa shape index (κ3) is 5.18. The van der Waals surface area contributed by atoms with E-state index in [1.54, 1.807) is 18.9 Å². The molecule has 1 fully saturated rings. The average molecular weight is 419 g/mol. The van der Waals surface area contributed by atoms with Crippen LogP contribution in [0, 0.1) is 0 Å². The monoisotopic (exact) mass is 418 g/mol. The zero-order valence-corrected chi connectivity index (χ0v) is 18.4. The van der Waals surface area contributed by atoms with Crippen LogP contribution < -0.4 is 0 Å². The van der Waals surface area contributed by atoms with Gasteiger partial charge >= 0.3 is 0 Å². The Bertz CT molecular complexity index is 818. The van der Waals surface area contributed by atoms with E-state index in [0.717, 1.165) is 22.1 Å². The van der Waals surface area contributed by atoms with Gasteiger partial charge in [-0.05, 0) is 18.6 Å². The number of thioether (sulfide) groups is 1. The Kier molecular flexibility index (Phi) is 7.69. The summed E-state index contributed by atoms with van der Waals surface area (Å²) >= 11 is 1.61. The number of hydrogen-bond acceptors (Lipinski definition) is 6. The highest BCUT2D eigenvalue weighted by Gasteiger charge is 2.23. The van der Waals surface area contributed by atoms with Crippen LogP contribution in [0.15, 0.2) is 29.4 Å². The molecule has 1 amide bonds. The van der Waals surface area contributed by atoms with Crippen molar-refractivity contribution < 1.29 is 14.3 Å². The van der Waals surface area contributed by atoms with Crippen molar-refractivity contribution in [3.05, 3.63) is 41.2 Å². The normalized spacial score (nSPS) is 15.7. The van der Waals surface area contributed by atoms with Gasteiger partial charge in [-0.3, -0.25) is 4.79 Å². The van der Waals surface area contributed by atoms with Crippen molar-refractivity contribution in [1.82, 2.24) is 19.7 Å². The molecule has 0 bridgehead atoms. The summed E-state index contributed by atoms with van der Waals surface area (Å²) in [6, 6.07) is 7.96. The molecule has 1 saturated heterocycles. The molecular formula is C21H30N4O3S. The van der Waals surface area contributed by atoms with Crippen LogP contribution in [0.25, 0.3) is 0 Å². The van der Waals surface area contributed by atoms with E-state index >= 15 is 0 Å². The average Bonchev–Trinajstić information content (AvgIpc) is 3.17. The number of rotatable bonds is 8. The van der Waals surface area contributed by atoms with E-state index in [1.165, 1.54) is 0 Å². The van der Waals surface area contributed by atoms with E-state index in [4.69, 9.17) is 9.47 Å². The second kappa shape index (κ2) is 10.2. The van der Waals surface area contributed by atoms with Crippen molar-refractivity contribution in [3.8, 4) is 0 Å². The van der Waals surface area contributed by atoms with Crippen molar-refractivity contribution in [3.63, 3.8) is 0 Å². The minimum Gasteiger partial charge on any atom is -0.383 e. The number of amides is 1. The number of ether oxygens (including phenoxy) is 2. The Hall–Kier alpha value is -1.90. The lowest BCUT2D eigenvalue weighted by Crippen LogP contribution is -2.41. The van der Waals surface area contributed by atoms with Gasteiger partial charge in [-0.2, -0.15) is 0 Å². The SMILES string of the molecule is COCC(C)n1c(SCc2ccccc2C(=O)N2CCOCC2)nnc1C(C)C. The fourth-order valence-electron chi connectivity index (χ4n) is 3.44. The molecule has 1 atom stereocenters. The first-order valence-electron chi connectivity index (χ1n) is 10.0. The number of morpholine rings is 1. The van der Waals surface area contributed by atoms with E-state index in [1.807, 2.05) is 29.2 Å². The van der Waals surface area contributed by atoms with Gasteiger partial charge in [-0.25, -0.2) is 0 Å². The third-order valence-corrected chi connectivity index (χ3v) is 5.95. The predicted molar refractivity (Wildman–Crippen MR) is 113 cm³/mol. The molecule has 29 heavy (non-hydrogen) atoms. The van der Waals surface area contributed by atoms with Gasteiger partial charge in [0.1, 0.15) is 5.82 Å². The van der Waals surface area contributed by atoms with Gasteiger partial charge < -0.3 is 18.9 Å². The molecule has 7 nitrogen and oxygen atoms in total. The van der Waals surface area contributed by atoms with Gasteiger partial charge in [0.25, 0.3) is 5.91 Å². The molecule has 2 aromatic rings. The molecular weight excluding hydrogens is 388 g/mol. The molecule has 158 valence electrons. The molecule has 0 aliphatic carbocycles. The number of carbonyl (C=O) groups excluding carboxylic acids is 1. The van der Waals surface area contributed by atoms with Gasteiger partial charge in [0.2, 0.25) is 0 Å². The number of hydrogen-bond donors (Lipinski definition) is 0. The van der Waals surface area contributed by atoms with Gasteiger partial charge in [-0.15, -0.1) is 10.2 Å². The number of aromatic nitrogens is 3. The van der Waals surface area contributed by atoms with Crippen molar-refractivity contribution in [2.75, 3.05) is 40.0 Å². The van der Waals surface area contributed by atoms with Crippen molar-refractivity contribution in [2.45, 2.75) is 43.6 Å². The summed E-state index contributed by atoms with van der Waals surface area (Å²) in [5.41, 5.74) is 1.76. The summed E-state index contributed by atoms with van der Waals surface area (Å²) in [7, 11) is 1.70. The van der Waals surface area contributed by atoms with Gasteiger partial charge in [0.05, 0.1) is 25.9 Å². The summed E-state index contributed by atoms with van der Waals surface area (Å²) in [4.78, 5) is 14.9. The van der Waals surface area contributed by atoms with E-state index < -0.39 is 0 Å². The highest BCUT2D eigenvalue weighted by atomic mass is 32.2. The third-order valence-electron chi connectivity index (χ3n) is 4.96. The van der Waals surface area contributed by atoms with Crippen LogP contribution in [0.1, 0.15) is 54.5 Å². The lowest BCUT2D eigenvalue weighted by molar-refractivity contribution is 0.0302. The molecule has 1 aliphatic heterocycles. The molecule has 0 radical (unpaired) electrons. The maximum Gasteiger partial charge on any atom is 0.254 e. The zero-order chi connectivity index (χ0) is 20.8. The first-order valence-corrected chi connectivity index (χ1v) is 11.0. The largest absolute Gasteiger partial charge is 0.383 e. The molecule has 1 aromatic carbocycles. The van der Waals surface area contributed by atoms with Gasteiger partial charge in [-0.1, -0.05) is 43.8 Å². The summed E-state index contributed by atoms with van der Waals surface area (Å²) < 4.78 is 12.9. The second-order valence-corrected chi connectivity index (χ2v) is 8.46. The number of benzene rings is 1. The Balaban J connectivity index is 1.79. The number of methoxy groups -OCH3 is 1. The lowest BCUT2D eigenvalue weighted by Gasteiger charge is -2.27. The molecule has 8 heteroatoms. The van der Waals surface area contributed by atoms with Crippen LogP contribution >= 0.6 is 11.8 Å². The molecule has 2 heterocycles. The molecule has 1 aliphatic rings. The Morgan fingerprint density at radius 1 is 1.21 bits per heavy atom. The highest BCUT2D eigenvalue weighted by molar-refractivity contribution is 7.98. The van der Waals surface area contributed by atoms with Crippen LogP contribution in [-0.4, -0.2) is 65.6 Å². The summed E-state index contributed by atoms with van der Waals surface area (Å²) in [5.74, 6) is 1.95. The number of carbonyl (C=O) groups is 1. The topological polar surface area (TPSA) is 69.5 Å². The maximum atomic E-state index is 13.0. The fourth-order valence-corrected chi connectivity index (χ4v) is 4.49. The Morgan fingerprint density at radius 3 is 2.62 bits per heavy atom. The van der Waals surface area contributed by atoms with Gasteiger partial charge in [0, 0.05) is 37.4 Å². The quantitative estimate of drug-likeness (QED) is 0.612.